The average molecular weight is 540 g/mol. The molecule has 0 saturated heterocycles. The summed E-state index contributed by atoms with van der Waals surface area (Å²) in [5.41, 5.74) is 1.38. The number of esters is 1. The zero-order valence-electron chi connectivity index (χ0n) is 21.7. The summed E-state index contributed by atoms with van der Waals surface area (Å²) in [6.45, 7) is 3.41. The molecule has 39 heavy (non-hydrogen) atoms. The van der Waals surface area contributed by atoms with E-state index in [1.54, 1.807) is 63.4 Å². The van der Waals surface area contributed by atoms with Crippen LogP contribution >= 0.6 is 0 Å². The number of carbonyl (C=O) groups excluding carboxylic acids is 2. The first-order valence-corrected chi connectivity index (χ1v) is 12.2. The summed E-state index contributed by atoms with van der Waals surface area (Å²) in [7, 11) is 2.87. The summed E-state index contributed by atoms with van der Waals surface area (Å²) in [4.78, 5) is 25.5. The normalized spacial score (nSPS) is 18.9. The number of nitrogens with one attached hydrogen (secondary N) is 1. The molecule has 0 saturated carbocycles. The van der Waals surface area contributed by atoms with Gasteiger partial charge in [0.15, 0.2) is 11.5 Å². The Balaban J connectivity index is 1.42. The van der Waals surface area contributed by atoms with Crippen LogP contribution in [-0.4, -0.2) is 32.4 Å². The molecule has 2 heterocycles. The topological polar surface area (TPSA) is 92.3 Å². The van der Waals surface area contributed by atoms with Crippen LogP contribution in [0.2, 0.25) is 0 Å². The van der Waals surface area contributed by atoms with E-state index in [9.17, 15) is 18.4 Å². The second-order valence-corrected chi connectivity index (χ2v) is 9.84. The maximum Gasteiger partial charge on any atom is 0.586 e. The lowest BCUT2D eigenvalue weighted by molar-refractivity contribution is -0.286. The van der Waals surface area contributed by atoms with Gasteiger partial charge in [-0.25, -0.2) is 4.79 Å². The standard InChI is InChI=1S/C29H27F2NO7/c1-28(2,18-9-12-22-25(13-18)39-29(30,31)38-22)27(34)32-21-15-23(16-5-7-17(8-6-16)26(33)36-4)37-24-14-19(35-3)10-11-20(21)24/h5-14,21,23H,15H2,1-4H3,(H,32,34)/t21-,23-/m1/s1. The zero-order chi connectivity index (χ0) is 27.9. The van der Waals surface area contributed by atoms with Gasteiger partial charge < -0.3 is 29.0 Å². The van der Waals surface area contributed by atoms with Crippen molar-refractivity contribution in [2.24, 2.45) is 0 Å². The lowest BCUT2D eigenvalue weighted by atomic mass is 9.82. The highest BCUT2D eigenvalue weighted by atomic mass is 19.3. The molecule has 2 atom stereocenters. The minimum Gasteiger partial charge on any atom is -0.497 e. The molecule has 3 aromatic rings. The van der Waals surface area contributed by atoms with E-state index in [1.165, 1.54) is 19.2 Å². The number of methoxy groups -OCH3 is 2. The number of carbonyl (C=O) groups is 2. The van der Waals surface area contributed by atoms with Crippen LogP contribution in [0.3, 0.4) is 0 Å². The fraction of sp³-hybridized carbons (Fsp3) is 0.310. The fourth-order valence-corrected chi connectivity index (χ4v) is 4.67. The quantitative estimate of drug-likeness (QED) is 0.416. The number of halogens is 2. The van der Waals surface area contributed by atoms with Crippen LogP contribution in [-0.2, 0) is 14.9 Å². The number of hydrogen-bond donors (Lipinski definition) is 1. The van der Waals surface area contributed by atoms with E-state index in [0.29, 0.717) is 29.0 Å². The Hall–Kier alpha value is -4.34. The third kappa shape index (κ3) is 5.06. The summed E-state index contributed by atoms with van der Waals surface area (Å²) in [5, 5.41) is 3.12. The highest BCUT2D eigenvalue weighted by Gasteiger charge is 2.44. The van der Waals surface area contributed by atoms with E-state index in [0.717, 1.165) is 11.1 Å². The first kappa shape index (κ1) is 26.3. The summed E-state index contributed by atoms with van der Waals surface area (Å²) in [6, 6.07) is 16.2. The van der Waals surface area contributed by atoms with Crippen molar-refractivity contribution in [3.8, 4) is 23.0 Å². The molecule has 0 bridgehead atoms. The number of hydrogen-bond acceptors (Lipinski definition) is 7. The monoisotopic (exact) mass is 539 g/mol. The molecule has 2 aliphatic heterocycles. The molecule has 0 unspecified atom stereocenters. The maximum atomic E-state index is 13.6. The van der Waals surface area contributed by atoms with Gasteiger partial charge in [-0.1, -0.05) is 18.2 Å². The Morgan fingerprint density at radius 2 is 1.67 bits per heavy atom. The van der Waals surface area contributed by atoms with Crippen molar-refractivity contribution in [2.75, 3.05) is 14.2 Å². The van der Waals surface area contributed by atoms with Gasteiger partial charge in [-0.15, -0.1) is 8.78 Å². The van der Waals surface area contributed by atoms with E-state index in [-0.39, 0.29) is 17.4 Å². The minimum atomic E-state index is -3.75. The number of fused-ring (bicyclic) bond motifs is 2. The molecule has 10 heteroatoms. The number of amides is 1. The Kier molecular flexibility index (Phi) is 6.57. The van der Waals surface area contributed by atoms with Crippen molar-refractivity contribution in [3.63, 3.8) is 0 Å². The molecule has 0 aromatic heterocycles. The predicted molar refractivity (Wildman–Crippen MR) is 135 cm³/mol. The molecule has 1 N–H and O–H groups in total. The molecule has 8 nitrogen and oxygen atoms in total. The van der Waals surface area contributed by atoms with Crippen molar-refractivity contribution in [1.82, 2.24) is 5.32 Å². The van der Waals surface area contributed by atoms with Crippen LogP contribution in [0.5, 0.6) is 23.0 Å². The molecule has 1 amide bonds. The Bertz CT molecular complexity index is 1420. The molecule has 0 radical (unpaired) electrons. The third-order valence-corrected chi connectivity index (χ3v) is 7.01. The van der Waals surface area contributed by atoms with Crippen molar-refractivity contribution >= 4 is 11.9 Å². The van der Waals surface area contributed by atoms with Gasteiger partial charge in [0, 0.05) is 18.1 Å². The first-order chi connectivity index (χ1) is 18.5. The zero-order valence-corrected chi connectivity index (χ0v) is 21.7. The molecular weight excluding hydrogens is 512 g/mol. The second kappa shape index (κ2) is 9.76. The molecule has 0 spiro atoms. The van der Waals surface area contributed by atoms with Gasteiger partial charge in [-0.05, 0) is 61.4 Å². The lowest BCUT2D eigenvalue weighted by Crippen LogP contribution is -2.43. The Labute approximate surface area is 223 Å². The van der Waals surface area contributed by atoms with Gasteiger partial charge in [0.05, 0.1) is 31.2 Å². The van der Waals surface area contributed by atoms with Gasteiger partial charge in [0.1, 0.15) is 17.6 Å². The molecule has 3 aromatic carbocycles. The lowest BCUT2D eigenvalue weighted by Gasteiger charge is -2.35. The van der Waals surface area contributed by atoms with E-state index in [1.807, 2.05) is 6.07 Å². The van der Waals surface area contributed by atoms with Crippen LogP contribution in [0, 0.1) is 0 Å². The fourth-order valence-electron chi connectivity index (χ4n) is 4.67. The second-order valence-electron chi connectivity index (χ2n) is 9.84. The molecule has 0 aliphatic carbocycles. The maximum absolute atomic E-state index is 13.6. The van der Waals surface area contributed by atoms with Gasteiger partial charge in [-0.2, -0.15) is 0 Å². The summed E-state index contributed by atoms with van der Waals surface area (Å²) in [6.07, 6.45) is -3.77. The van der Waals surface area contributed by atoms with Crippen molar-refractivity contribution < 1.29 is 42.1 Å². The SMILES string of the molecule is COC(=O)c1ccc([C@H]2C[C@@H](NC(=O)C(C)(C)c3ccc4c(c3)OC(F)(F)O4)c3ccc(OC)cc3O2)cc1. The Morgan fingerprint density at radius 1 is 0.949 bits per heavy atom. The van der Waals surface area contributed by atoms with Gasteiger partial charge >= 0.3 is 12.3 Å². The third-order valence-electron chi connectivity index (χ3n) is 7.01. The van der Waals surface area contributed by atoms with Crippen LogP contribution in [0.15, 0.2) is 60.7 Å². The minimum absolute atomic E-state index is 0.0895. The summed E-state index contributed by atoms with van der Waals surface area (Å²) in [5.74, 6) is 0.169. The van der Waals surface area contributed by atoms with Crippen molar-refractivity contribution in [1.29, 1.82) is 0 Å². The first-order valence-electron chi connectivity index (χ1n) is 12.2. The van der Waals surface area contributed by atoms with Crippen LogP contribution in [0.1, 0.15) is 59.5 Å². The van der Waals surface area contributed by atoms with Crippen molar-refractivity contribution in [3.05, 3.63) is 82.9 Å². The van der Waals surface area contributed by atoms with E-state index in [2.05, 4.69) is 14.8 Å². The smallest absolute Gasteiger partial charge is 0.497 e. The predicted octanol–water partition coefficient (Wildman–Crippen LogP) is 5.46. The summed E-state index contributed by atoms with van der Waals surface area (Å²) >= 11 is 0. The highest BCUT2D eigenvalue weighted by molar-refractivity contribution is 5.89. The number of alkyl halides is 2. The number of rotatable bonds is 6. The van der Waals surface area contributed by atoms with E-state index in [4.69, 9.17) is 14.2 Å². The van der Waals surface area contributed by atoms with Gasteiger partial charge in [-0.3, -0.25) is 4.79 Å². The molecular formula is C29H27F2NO7. The highest BCUT2D eigenvalue weighted by Crippen LogP contribution is 2.45. The Morgan fingerprint density at radius 3 is 2.36 bits per heavy atom. The molecule has 2 aliphatic rings. The van der Waals surface area contributed by atoms with Crippen LogP contribution in [0.25, 0.3) is 0 Å². The average Bonchev–Trinajstić information content (AvgIpc) is 3.25. The summed E-state index contributed by atoms with van der Waals surface area (Å²) < 4.78 is 52.5. The van der Waals surface area contributed by atoms with Gasteiger partial charge in [0.25, 0.3) is 0 Å². The van der Waals surface area contributed by atoms with Crippen LogP contribution in [0.4, 0.5) is 8.78 Å². The number of ether oxygens (including phenoxy) is 5. The van der Waals surface area contributed by atoms with E-state index >= 15 is 0 Å². The molecule has 204 valence electrons. The number of benzene rings is 3. The van der Waals surface area contributed by atoms with E-state index < -0.39 is 29.8 Å². The molecule has 5 rings (SSSR count). The molecule has 0 fully saturated rings. The van der Waals surface area contributed by atoms with Crippen molar-refractivity contribution in [2.45, 2.75) is 44.1 Å². The largest absolute Gasteiger partial charge is 0.586 e. The van der Waals surface area contributed by atoms with Crippen LogP contribution < -0.4 is 24.3 Å². The van der Waals surface area contributed by atoms with Gasteiger partial charge in [0.2, 0.25) is 5.91 Å².